The highest BCUT2D eigenvalue weighted by Gasteiger charge is 2.26. The molecule has 0 aromatic carbocycles. The number of hydrogen-bond acceptors (Lipinski definition) is 3. The van der Waals surface area contributed by atoms with Crippen LogP contribution >= 0.6 is 0 Å². The second-order valence-corrected chi connectivity index (χ2v) is 2.46. The summed E-state index contributed by atoms with van der Waals surface area (Å²) in [5.74, 6) is -0.0440. The molecule has 58 valence electrons. The lowest BCUT2D eigenvalue weighted by molar-refractivity contribution is -0.119. The highest BCUT2D eigenvalue weighted by Crippen LogP contribution is 2.09. The number of carbonyl (C=O) groups is 1. The molecule has 0 saturated carbocycles. The SMILES string of the molecule is O=C1CCC(C(O)CO)N1. The molecule has 0 aliphatic carbocycles. The van der Waals surface area contributed by atoms with Crippen LogP contribution in [-0.4, -0.2) is 34.9 Å². The Hall–Kier alpha value is -0.610. The Balaban J connectivity index is 2.36. The fourth-order valence-electron chi connectivity index (χ4n) is 1.05. The van der Waals surface area contributed by atoms with Crippen LogP contribution in [0.5, 0.6) is 0 Å². The highest BCUT2D eigenvalue weighted by atomic mass is 16.3. The van der Waals surface area contributed by atoms with Crippen molar-refractivity contribution in [1.29, 1.82) is 0 Å². The van der Waals surface area contributed by atoms with Crippen molar-refractivity contribution >= 4 is 5.91 Å². The minimum atomic E-state index is -0.800. The number of aliphatic hydroxyl groups is 2. The van der Waals surface area contributed by atoms with Gasteiger partial charge >= 0.3 is 0 Å². The maximum atomic E-state index is 10.6. The van der Waals surface area contributed by atoms with Gasteiger partial charge in [0.15, 0.2) is 0 Å². The summed E-state index contributed by atoms with van der Waals surface area (Å²) < 4.78 is 0. The van der Waals surface area contributed by atoms with Crippen molar-refractivity contribution in [3.8, 4) is 0 Å². The summed E-state index contributed by atoms with van der Waals surface area (Å²) in [6.07, 6.45) is 0.286. The van der Waals surface area contributed by atoms with Gasteiger partial charge in [0.1, 0.15) is 0 Å². The van der Waals surface area contributed by atoms with Gasteiger partial charge in [-0.15, -0.1) is 0 Å². The molecule has 0 aromatic rings. The third-order valence-corrected chi connectivity index (χ3v) is 1.68. The Bertz CT molecular complexity index is 137. The van der Waals surface area contributed by atoms with Crippen LogP contribution in [0.4, 0.5) is 0 Å². The standard InChI is InChI=1S/C6H11NO3/c8-3-5(9)4-1-2-6(10)7-4/h4-5,8-9H,1-3H2,(H,7,10). The van der Waals surface area contributed by atoms with Crippen molar-refractivity contribution in [3.05, 3.63) is 0 Å². The summed E-state index contributed by atoms with van der Waals surface area (Å²) in [7, 11) is 0. The maximum absolute atomic E-state index is 10.6. The maximum Gasteiger partial charge on any atom is 0.220 e. The van der Waals surface area contributed by atoms with Crippen LogP contribution in [0.15, 0.2) is 0 Å². The zero-order chi connectivity index (χ0) is 7.56. The largest absolute Gasteiger partial charge is 0.394 e. The molecule has 2 unspecified atom stereocenters. The summed E-state index contributed by atoms with van der Waals surface area (Å²) in [6.45, 7) is -0.287. The first kappa shape index (κ1) is 7.50. The molecule has 3 N–H and O–H groups in total. The van der Waals surface area contributed by atoms with Crippen LogP contribution in [0, 0.1) is 0 Å². The Kier molecular flexibility index (Phi) is 2.24. The van der Waals surface area contributed by atoms with E-state index < -0.39 is 6.10 Å². The van der Waals surface area contributed by atoms with Gasteiger partial charge in [-0.2, -0.15) is 0 Å². The summed E-state index contributed by atoms with van der Waals surface area (Å²) in [4.78, 5) is 10.6. The van der Waals surface area contributed by atoms with Crippen molar-refractivity contribution in [1.82, 2.24) is 5.32 Å². The quantitative estimate of drug-likeness (QED) is 0.448. The van der Waals surface area contributed by atoms with Crippen LogP contribution in [0.25, 0.3) is 0 Å². The molecular formula is C6H11NO3. The van der Waals surface area contributed by atoms with Crippen molar-refractivity contribution in [3.63, 3.8) is 0 Å². The number of nitrogens with one attached hydrogen (secondary N) is 1. The van der Waals surface area contributed by atoms with Gasteiger partial charge in [0.05, 0.1) is 18.8 Å². The van der Waals surface area contributed by atoms with E-state index in [2.05, 4.69) is 5.32 Å². The minimum Gasteiger partial charge on any atom is -0.394 e. The van der Waals surface area contributed by atoms with E-state index in [1.54, 1.807) is 0 Å². The topological polar surface area (TPSA) is 69.6 Å². The van der Waals surface area contributed by atoms with Crippen LogP contribution < -0.4 is 5.32 Å². The van der Waals surface area contributed by atoms with Gasteiger partial charge in [0.25, 0.3) is 0 Å². The Morgan fingerprint density at radius 3 is 2.90 bits per heavy atom. The third kappa shape index (κ3) is 1.46. The van der Waals surface area contributed by atoms with Gasteiger partial charge < -0.3 is 15.5 Å². The Labute approximate surface area is 58.9 Å². The normalized spacial score (nSPS) is 28.2. The lowest BCUT2D eigenvalue weighted by Gasteiger charge is -2.14. The van der Waals surface area contributed by atoms with Gasteiger partial charge in [-0.3, -0.25) is 4.79 Å². The Morgan fingerprint density at radius 1 is 1.80 bits per heavy atom. The predicted octanol–water partition coefficient (Wildman–Crippen LogP) is -1.38. The number of aliphatic hydroxyl groups excluding tert-OH is 2. The van der Waals surface area contributed by atoms with Gasteiger partial charge in [-0.1, -0.05) is 0 Å². The van der Waals surface area contributed by atoms with E-state index >= 15 is 0 Å². The van der Waals surface area contributed by atoms with Crippen LogP contribution in [0.2, 0.25) is 0 Å². The summed E-state index contributed by atoms with van der Waals surface area (Å²) in [6, 6.07) is -0.238. The van der Waals surface area contributed by atoms with Crippen molar-refractivity contribution in [2.45, 2.75) is 25.0 Å². The van der Waals surface area contributed by atoms with Crippen molar-refractivity contribution < 1.29 is 15.0 Å². The second-order valence-electron chi connectivity index (χ2n) is 2.46. The molecule has 1 aliphatic heterocycles. The molecule has 10 heavy (non-hydrogen) atoms. The van der Waals surface area contributed by atoms with E-state index in [4.69, 9.17) is 10.2 Å². The van der Waals surface area contributed by atoms with E-state index in [1.165, 1.54) is 0 Å². The Morgan fingerprint density at radius 2 is 2.50 bits per heavy atom. The van der Waals surface area contributed by atoms with Crippen molar-refractivity contribution in [2.75, 3.05) is 6.61 Å². The van der Waals surface area contributed by atoms with Crippen LogP contribution in [-0.2, 0) is 4.79 Å². The van der Waals surface area contributed by atoms with Gasteiger partial charge in [0.2, 0.25) is 5.91 Å². The molecule has 1 amide bonds. The minimum absolute atomic E-state index is 0.0440. The molecular weight excluding hydrogens is 134 g/mol. The van der Waals surface area contributed by atoms with E-state index in [-0.39, 0.29) is 18.6 Å². The summed E-state index contributed by atoms with van der Waals surface area (Å²) in [5, 5.41) is 20.0. The first-order valence-corrected chi connectivity index (χ1v) is 3.32. The van der Waals surface area contributed by atoms with Crippen LogP contribution in [0.3, 0.4) is 0 Å². The molecule has 0 aromatic heterocycles. The molecule has 0 radical (unpaired) electrons. The zero-order valence-corrected chi connectivity index (χ0v) is 5.58. The summed E-state index contributed by atoms with van der Waals surface area (Å²) >= 11 is 0. The van der Waals surface area contributed by atoms with Gasteiger partial charge in [0, 0.05) is 6.42 Å². The first-order chi connectivity index (χ1) is 4.74. The van der Waals surface area contributed by atoms with Gasteiger partial charge in [-0.25, -0.2) is 0 Å². The van der Waals surface area contributed by atoms with E-state index in [9.17, 15) is 4.79 Å². The fourth-order valence-corrected chi connectivity index (χ4v) is 1.05. The number of rotatable bonds is 2. The molecule has 4 heteroatoms. The molecule has 1 rings (SSSR count). The monoisotopic (exact) mass is 145 g/mol. The molecule has 1 heterocycles. The average molecular weight is 145 g/mol. The fraction of sp³-hybridized carbons (Fsp3) is 0.833. The lowest BCUT2D eigenvalue weighted by Crippen LogP contribution is -2.38. The molecule has 0 spiro atoms. The molecule has 1 aliphatic rings. The smallest absolute Gasteiger partial charge is 0.220 e. The van der Waals surface area contributed by atoms with Crippen molar-refractivity contribution in [2.24, 2.45) is 0 Å². The third-order valence-electron chi connectivity index (χ3n) is 1.68. The highest BCUT2D eigenvalue weighted by molar-refractivity contribution is 5.78. The van der Waals surface area contributed by atoms with Crippen LogP contribution in [0.1, 0.15) is 12.8 Å². The molecule has 2 atom stereocenters. The molecule has 1 fully saturated rings. The second kappa shape index (κ2) is 2.98. The zero-order valence-electron chi connectivity index (χ0n) is 5.58. The number of amides is 1. The van der Waals surface area contributed by atoms with Gasteiger partial charge in [-0.05, 0) is 6.42 Å². The number of hydrogen-bond donors (Lipinski definition) is 3. The first-order valence-electron chi connectivity index (χ1n) is 3.32. The van der Waals surface area contributed by atoms with E-state index in [0.717, 1.165) is 0 Å². The average Bonchev–Trinajstić information content (AvgIpc) is 2.34. The van der Waals surface area contributed by atoms with E-state index in [0.29, 0.717) is 12.8 Å². The lowest BCUT2D eigenvalue weighted by atomic mass is 10.1. The summed E-state index contributed by atoms with van der Waals surface area (Å²) in [5.41, 5.74) is 0. The molecule has 4 nitrogen and oxygen atoms in total. The molecule has 0 bridgehead atoms. The molecule has 1 saturated heterocycles. The number of carbonyl (C=O) groups excluding carboxylic acids is 1. The van der Waals surface area contributed by atoms with E-state index in [1.807, 2.05) is 0 Å². The predicted molar refractivity (Wildman–Crippen MR) is 34.3 cm³/mol.